The highest BCUT2D eigenvalue weighted by atomic mass is 19.3. The van der Waals surface area contributed by atoms with Gasteiger partial charge >= 0.3 is 24.1 Å². The number of fused-ring (bicyclic) bond motifs is 7. The molecule has 0 unspecified atom stereocenters. The zero-order valence-electron chi connectivity index (χ0n) is 50.3. The lowest BCUT2D eigenvalue weighted by Gasteiger charge is -2.29. The van der Waals surface area contributed by atoms with Gasteiger partial charge in [-0.25, -0.2) is 14.2 Å². The first kappa shape index (κ1) is 56.5. The minimum absolute atomic E-state index is 0.0207. The molecule has 4 aliphatic rings. The van der Waals surface area contributed by atoms with Crippen molar-refractivity contribution in [1.82, 2.24) is 4.57 Å². The number of nitrogens with zero attached hydrogens (tertiary/aromatic N) is 2. The first-order chi connectivity index (χ1) is 40.2. The monoisotopic (exact) mass is 1130 g/mol. The van der Waals surface area contributed by atoms with E-state index < -0.39 is 18.1 Å². The molecule has 12 rings (SSSR count). The van der Waals surface area contributed by atoms with Crippen molar-refractivity contribution >= 4 is 78.4 Å². The lowest BCUT2D eigenvalue weighted by atomic mass is 9.79. The van der Waals surface area contributed by atoms with E-state index in [0.717, 1.165) is 96.9 Å². The summed E-state index contributed by atoms with van der Waals surface area (Å²) >= 11 is 0. The van der Waals surface area contributed by atoms with Crippen molar-refractivity contribution in [3.8, 4) is 16.9 Å². The molecule has 2 aliphatic heterocycles. The number of alkyl halides is 2. The Morgan fingerprint density at radius 3 is 1.86 bits per heavy atom. The predicted molar refractivity (Wildman–Crippen MR) is 334 cm³/mol. The van der Waals surface area contributed by atoms with E-state index in [1.807, 2.05) is 38.1 Å². The van der Waals surface area contributed by atoms with Gasteiger partial charge in [0.2, 0.25) is 11.4 Å². The van der Waals surface area contributed by atoms with Crippen LogP contribution in [0.25, 0.3) is 65.9 Å². The smallest absolute Gasteiger partial charge is 0.463 e. The van der Waals surface area contributed by atoms with Crippen molar-refractivity contribution < 1.29 is 42.0 Å². The zero-order chi connectivity index (χ0) is 59.1. The van der Waals surface area contributed by atoms with E-state index in [2.05, 4.69) is 108 Å². The third-order valence-corrected chi connectivity index (χ3v) is 17.9. The molecule has 0 fully saturated rings. The van der Waals surface area contributed by atoms with Gasteiger partial charge in [0.15, 0.2) is 0 Å². The van der Waals surface area contributed by atoms with Gasteiger partial charge in [0.1, 0.15) is 5.75 Å². The number of allylic oxidation sites excluding steroid dienone is 3. The predicted octanol–water partition coefficient (Wildman–Crippen LogP) is 17.5. The average molecular weight is 1130 g/mol. The van der Waals surface area contributed by atoms with Crippen LogP contribution in [0.15, 0.2) is 126 Å². The normalized spacial score (nSPS) is 16.2. The van der Waals surface area contributed by atoms with Crippen molar-refractivity contribution in [2.24, 2.45) is 0 Å². The number of rotatable bonds is 13. The number of carbonyl (C=O) groups is 3. The van der Waals surface area contributed by atoms with Crippen LogP contribution < -0.4 is 4.74 Å². The Bertz CT molecular complexity index is 4130. The van der Waals surface area contributed by atoms with Crippen molar-refractivity contribution in [2.75, 3.05) is 13.2 Å². The van der Waals surface area contributed by atoms with Crippen molar-refractivity contribution in [1.29, 1.82) is 0 Å². The number of aryl methyl sites for hydroxylation is 3. The van der Waals surface area contributed by atoms with E-state index in [1.165, 1.54) is 84.1 Å². The molecule has 0 saturated carbocycles. The molecule has 84 heavy (non-hydrogen) atoms. The number of hydrogen-bond donors (Lipinski definition) is 0. The van der Waals surface area contributed by atoms with Crippen LogP contribution in [-0.4, -0.2) is 46.0 Å². The minimum atomic E-state index is -3.63. The molecule has 0 bridgehead atoms. The van der Waals surface area contributed by atoms with Crippen LogP contribution >= 0.6 is 0 Å². The summed E-state index contributed by atoms with van der Waals surface area (Å²) in [6.45, 7) is 21.5. The largest absolute Gasteiger partial charge is 0.566 e. The maximum absolute atomic E-state index is 18.3. The molecular formula is C74H75F2N2O6+. The van der Waals surface area contributed by atoms with Crippen molar-refractivity contribution in [2.45, 2.75) is 157 Å². The van der Waals surface area contributed by atoms with Crippen LogP contribution in [0.1, 0.15) is 163 Å². The van der Waals surface area contributed by atoms with Crippen LogP contribution in [0.2, 0.25) is 0 Å². The van der Waals surface area contributed by atoms with Gasteiger partial charge in [0.05, 0.1) is 30.2 Å². The molecule has 8 nitrogen and oxygen atoms in total. The van der Waals surface area contributed by atoms with Crippen LogP contribution in [0, 0.1) is 13.8 Å². The lowest BCUT2D eigenvalue weighted by Crippen LogP contribution is -2.43. The van der Waals surface area contributed by atoms with Gasteiger partial charge in [-0.15, -0.1) is 13.4 Å². The van der Waals surface area contributed by atoms with Gasteiger partial charge in [-0.05, 0) is 232 Å². The maximum atomic E-state index is 18.3. The summed E-state index contributed by atoms with van der Waals surface area (Å²) < 4.78 is 55.3. The van der Waals surface area contributed by atoms with Crippen LogP contribution in [0.3, 0.4) is 0 Å². The fraction of sp³-hybridized carbons (Fsp3) is 0.351. The Hall–Kier alpha value is -7.98. The highest BCUT2D eigenvalue weighted by Crippen LogP contribution is 2.55. The number of carbonyl (C=O) groups excluding carboxylic acids is 3. The second-order valence-corrected chi connectivity index (χ2v) is 25.5. The zero-order valence-corrected chi connectivity index (χ0v) is 50.3. The fourth-order valence-corrected chi connectivity index (χ4v) is 14.0. The number of halogens is 2. The number of ether oxygens (including phenoxy) is 3. The second-order valence-electron chi connectivity index (χ2n) is 25.5. The Morgan fingerprint density at radius 1 is 0.643 bits per heavy atom. The van der Waals surface area contributed by atoms with E-state index in [0.29, 0.717) is 49.2 Å². The fourth-order valence-electron chi connectivity index (χ4n) is 14.0. The Balaban J connectivity index is 0.846. The molecule has 0 amide bonds. The number of aromatic nitrogens is 1. The Morgan fingerprint density at radius 2 is 1.23 bits per heavy atom. The summed E-state index contributed by atoms with van der Waals surface area (Å²) in [5.74, 6) is -1.03. The summed E-state index contributed by atoms with van der Waals surface area (Å²) in [6, 6.07) is 32.6. The number of benzene rings is 7. The molecule has 10 heteroatoms. The summed E-state index contributed by atoms with van der Waals surface area (Å²) in [4.78, 5) is 39.3. The quantitative estimate of drug-likeness (QED) is 0.0217. The van der Waals surface area contributed by atoms with E-state index in [9.17, 15) is 14.4 Å². The van der Waals surface area contributed by atoms with Gasteiger partial charge in [-0.3, -0.25) is 4.79 Å². The summed E-state index contributed by atoms with van der Waals surface area (Å²) in [5, 5.41) is 10.2. The van der Waals surface area contributed by atoms with E-state index in [4.69, 9.17) is 14.2 Å². The number of esters is 3. The molecule has 0 N–H and O–H groups in total. The highest BCUT2D eigenvalue weighted by Gasteiger charge is 2.61. The molecule has 0 radical (unpaired) electrons. The molecular weight excluding hydrogens is 1050 g/mol. The topological polar surface area (TPSA) is 86.8 Å². The van der Waals surface area contributed by atoms with Gasteiger partial charge < -0.3 is 14.2 Å². The third kappa shape index (κ3) is 9.77. The Labute approximate surface area is 491 Å². The second kappa shape index (κ2) is 21.6. The van der Waals surface area contributed by atoms with Gasteiger partial charge in [0, 0.05) is 35.8 Å². The van der Waals surface area contributed by atoms with Crippen LogP contribution in [-0.2, 0) is 60.1 Å². The average Bonchev–Trinajstić information content (AvgIpc) is 1.59. The molecule has 7 aromatic carbocycles. The molecule has 0 saturated heterocycles. The van der Waals surface area contributed by atoms with Crippen LogP contribution in [0.5, 0.6) is 5.75 Å². The Kier molecular flexibility index (Phi) is 14.5. The van der Waals surface area contributed by atoms with Crippen LogP contribution in [0.4, 0.5) is 8.78 Å². The number of hydrogen-bond acceptors (Lipinski definition) is 6. The molecule has 8 aromatic rings. The van der Waals surface area contributed by atoms with Crippen molar-refractivity contribution in [3.05, 3.63) is 182 Å². The van der Waals surface area contributed by atoms with Gasteiger partial charge in [0.25, 0.3) is 0 Å². The maximum Gasteiger partial charge on any atom is 0.566 e. The first-order valence-corrected chi connectivity index (χ1v) is 30.3. The molecule has 2 aliphatic carbocycles. The summed E-state index contributed by atoms with van der Waals surface area (Å²) in [5.41, 5.74) is 13.9. The summed E-state index contributed by atoms with van der Waals surface area (Å²) in [7, 11) is 0. The molecule has 0 atom stereocenters. The molecule has 0 spiro atoms. The van der Waals surface area contributed by atoms with Crippen molar-refractivity contribution in [3.63, 3.8) is 0 Å². The standard InChI is InChI=1S/C74H75F2N2O6/c1-11-82-63(79)35-33-61-53-20-13-15-22-57(53)70-69(71-58-23-16-14-21-54(58)62(34-36-64(80)83-12-2)78(71)74(75,76)77(61)70)66-43(3)37-47(38-44(66)4)45-27-30-51(31-28-45)84-65(81)26-17-19-46-29-32-56-60-42-50(73(8,9)10)40-48-39-49(72(5,6)7)41-59(67(48)60)55-25-18-24-52(46)68(55)56/h18,24-25,27-42H,11-17,19-23,26H2,1-10H3/q+1/b35-33+,36-34+. The first-order valence-electron chi connectivity index (χ1n) is 30.3. The van der Waals surface area contributed by atoms with E-state index in [-0.39, 0.29) is 47.8 Å². The SMILES string of the molecule is CCOC(=O)/C=C/C1=[N+]2C(=C(c3c(C)cc(-c4ccc(OC(=O)CCCc5ccc6c7cc(C(C)(C)C)cc8cc(C(C)(C)C)cc(c9cccc5c96)c87)cc4)cc3C)c3c4c(c(/C=C/C(=O)OCC)n3C2(F)F)CCCC4)C2=C1CCCC2. The highest BCUT2D eigenvalue weighted by molar-refractivity contribution is 6.33. The molecule has 1 aromatic heterocycles. The third-order valence-electron chi connectivity index (χ3n) is 17.9. The van der Waals surface area contributed by atoms with E-state index >= 15 is 8.78 Å². The van der Waals surface area contributed by atoms with E-state index in [1.54, 1.807) is 13.8 Å². The van der Waals surface area contributed by atoms with Gasteiger partial charge in [-0.1, -0.05) is 108 Å². The minimum Gasteiger partial charge on any atom is -0.463 e. The van der Waals surface area contributed by atoms with Gasteiger partial charge in [-0.2, -0.15) is 0 Å². The lowest BCUT2D eigenvalue weighted by molar-refractivity contribution is -0.674. The summed E-state index contributed by atoms with van der Waals surface area (Å²) in [6.07, 6.45) is 9.24. The molecule has 430 valence electrons. The molecule has 3 heterocycles.